The molecular weight excluding hydrogens is 262 g/mol. The van der Waals surface area contributed by atoms with Gasteiger partial charge in [-0.1, -0.05) is 30.9 Å². The number of anilines is 1. The van der Waals surface area contributed by atoms with Gasteiger partial charge in [0.2, 0.25) is 0 Å². The molecule has 1 atom stereocenters. The summed E-state index contributed by atoms with van der Waals surface area (Å²) in [6.07, 6.45) is 6.67. The van der Waals surface area contributed by atoms with E-state index in [-0.39, 0.29) is 0 Å². The van der Waals surface area contributed by atoms with Crippen LogP contribution in [0.5, 0.6) is 0 Å². The van der Waals surface area contributed by atoms with Gasteiger partial charge in [0.1, 0.15) is 17.6 Å². The number of ether oxygens (including phenoxy) is 1. The molecule has 0 radical (unpaired) electrons. The van der Waals surface area contributed by atoms with Crippen LogP contribution in [0.4, 0.5) is 5.82 Å². The highest BCUT2D eigenvalue weighted by molar-refractivity contribution is 6.29. The monoisotopic (exact) mass is 283 g/mol. The standard InChI is InChI=1S/C14H22ClN3O/c1-10(11-6-4-3-5-7-11)16-13-8-12(15)17-14(18-13)9-19-2/h8,10-11H,3-7,9H2,1-2H3,(H,16,17,18). The normalized spacial score (nSPS) is 18.3. The van der Waals surface area contributed by atoms with E-state index >= 15 is 0 Å². The Bertz CT molecular complexity index is 408. The Kier molecular flexibility index (Phi) is 5.40. The van der Waals surface area contributed by atoms with Crippen molar-refractivity contribution in [1.29, 1.82) is 0 Å². The fourth-order valence-electron chi connectivity index (χ4n) is 2.72. The molecule has 0 aliphatic heterocycles. The zero-order valence-electron chi connectivity index (χ0n) is 11.7. The van der Waals surface area contributed by atoms with Crippen molar-refractivity contribution < 1.29 is 4.74 Å². The van der Waals surface area contributed by atoms with Crippen molar-refractivity contribution >= 4 is 17.4 Å². The van der Waals surface area contributed by atoms with Crippen LogP contribution in [-0.4, -0.2) is 23.1 Å². The summed E-state index contributed by atoms with van der Waals surface area (Å²) in [6.45, 7) is 2.61. The molecule has 0 saturated heterocycles. The van der Waals surface area contributed by atoms with E-state index in [0.717, 1.165) is 11.7 Å². The van der Waals surface area contributed by atoms with E-state index in [4.69, 9.17) is 16.3 Å². The van der Waals surface area contributed by atoms with E-state index in [1.165, 1.54) is 32.1 Å². The maximum atomic E-state index is 6.01. The Morgan fingerprint density at radius 2 is 2.11 bits per heavy atom. The van der Waals surface area contributed by atoms with Crippen molar-refractivity contribution in [2.24, 2.45) is 5.92 Å². The van der Waals surface area contributed by atoms with E-state index in [1.54, 1.807) is 13.2 Å². The first-order valence-electron chi connectivity index (χ1n) is 6.98. The van der Waals surface area contributed by atoms with Gasteiger partial charge in [0.25, 0.3) is 0 Å². The van der Waals surface area contributed by atoms with Crippen molar-refractivity contribution in [3.63, 3.8) is 0 Å². The van der Waals surface area contributed by atoms with Gasteiger partial charge >= 0.3 is 0 Å². The molecule has 0 spiro atoms. The molecule has 2 rings (SSSR count). The molecule has 1 unspecified atom stereocenters. The molecule has 0 amide bonds. The van der Waals surface area contributed by atoms with Crippen molar-refractivity contribution in [1.82, 2.24) is 9.97 Å². The fourth-order valence-corrected chi connectivity index (χ4v) is 2.92. The Morgan fingerprint density at radius 1 is 1.37 bits per heavy atom. The Morgan fingerprint density at radius 3 is 2.79 bits per heavy atom. The van der Waals surface area contributed by atoms with Crippen molar-refractivity contribution in [3.05, 3.63) is 17.0 Å². The Hall–Kier alpha value is -0.870. The Balaban J connectivity index is 2.00. The van der Waals surface area contributed by atoms with Crippen LogP contribution >= 0.6 is 11.6 Å². The predicted molar refractivity (Wildman–Crippen MR) is 77.4 cm³/mol. The van der Waals surface area contributed by atoms with Gasteiger partial charge in [0, 0.05) is 19.2 Å². The predicted octanol–water partition coefficient (Wildman–Crippen LogP) is 3.66. The second-order valence-corrected chi connectivity index (χ2v) is 5.64. The second-order valence-electron chi connectivity index (χ2n) is 5.26. The molecule has 1 saturated carbocycles. The molecule has 0 bridgehead atoms. The first kappa shape index (κ1) is 14.5. The third kappa shape index (κ3) is 4.32. The highest BCUT2D eigenvalue weighted by atomic mass is 35.5. The lowest BCUT2D eigenvalue weighted by Crippen LogP contribution is -2.28. The minimum atomic E-state index is 0.382. The van der Waals surface area contributed by atoms with Crippen molar-refractivity contribution in [2.75, 3.05) is 12.4 Å². The summed E-state index contributed by atoms with van der Waals surface area (Å²) in [6, 6.07) is 2.20. The van der Waals surface area contributed by atoms with E-state index in [9.17, 15) is 0 Å². The van der Waals surface area contributed by atoms with Crippen LogP contribution in [-0.2, 0) is 11.3 Å². The first-order chi connectivity index (χ1) is 9.19. The molecule has 1 aliphatic carbocycles. The van der Waals surface area contributed by atoms with Gasteiger partial charge in [-0.05, 0) is 25.7 Å². The summed E-state index contributed by atoms with van der Waals surface area (Å²) in [4.78, 5) is 8.56. The molecule has 19 heavy (non-hydrogen) atoms. The zero-order valence-corrected chi connectivity index (χ0v) is 12.4. The van der Waals surface area contributed by atoms with Gasteiger partial charge < -0.3 is 10.1 Å². The summed E-state index contributed by atoms with van der Waals surface area (Å²) in [5.41, 5.74) is 0. The smallest absolute Gasteiger partial charge is 0.158 e. The number of methoxy groups -OCH3 is 1. The molecular formula is C14H22ClN3O. The number of nitrogens with one attached hydrogen (secondary N) is 1. The maximum absolute atomic E-state index is 6.01. The molecule has 1 aromatic rings. The third-order valence-corrected chi connectivity index (χ3v) is 3.94. The summed E-state index contributed by atoms with van der Waals surface area (Å²) >= 11 is 6.01. The third-order valence-electron chi connectivity index (χ3n) is 3.75. The molecule has 1 heterocycles. The lowest BCUT2D eigenvalue weighted by molar-refractivity contribution is 0.178. The average molecular weight is 284 g/mol. The molecule has 1 N–H and O–H groups in total. The molecule has 1 aromatic heterocycles. The number of hydrogen-bond donors (Lipinski definition) is 1. The van der Waals surface area contributed by atoms with Gasteiger partial charge in [-0.2, -0.15) is 0 Å². The SMILES string of the molecule is COCc1nc(Cl)cc(NC(C)C2CCCCC2)n1. The summed E-state index contributed by atoms with van der Waals surface area (Å²) < 4.78 is 5.05. The molecule has 4 nitrogen and oxygen atoms in total. The largest absolute Gasteiger partial charge is 0.377 e. The van der Waals surface area contributed by atoms with Crippen LogP contribution < -0.4 is 5.32 Å². The van der Waals surface area contributed by atoms with Gasteiger partial charge in [-0.3, -0.25) is 0 Å². The van der Waals surface area contributed by atoms with Gasteiger partial charge in [0.15, 0.2) is 5.82 Å². The second kappa shape index (κ2) is 7.06. The summed E-state index contributed by atoms with van der Waals surface area (Å²) in [7, 11) is 1.63. The van der Waals surface area contributed by atoms with Crippen LogP contribution in [0.3, 0.4) is 0 Å². The van der Waals surface area contributed by atoms with Gasteiger partial charge in [0.05, 0.1) is 0 Å². The minimum Gasteiger partial charge on any atom is -0.377 e. The Labute approximate surface area is 119 Å². The fraction of sp³-hybridized carbons (Fsp3) is 0.714. The first-order valence-corrected chi connectivity index (χ1v) is 7.36. The topological polar surface area (TPSA) is 47.0 Å². The van der Waals surface area contributed by atoms with Crippen molar-refractivity contribution in [3.8, 4) is 0 Å². The van der Waals surface area contributed by atoms with Crippen LogP contribution in [0, 0.1) is 5.92 Å². The van der Waals surface area contributed by atoms with E-state index in [0.29, 0.717) is 23.6 Å². The summed E-state index contributed by atoms with van der Waals surface area (Å²) in [5.74, 6) is 2.15. The van der Waals surface area contributed by atoms with Crippen LogP contribution in [0.15, 0.2) is 6.07 Å². The minimum absolute atomic E-state index is 0.382. The van der Waals surface area contributed by atoms with E-state index < -0.39 is 0 Å². The van der Waals surface area contributed by atoms with Crippen LogP contribution in [0.25, 0.3) is 0 Å². The highest BCUT2D eigenvalue weighted by Crippen LogP contribution is 2.28. The number of aromatic nitrogens is 2. The van der Waals surface area contributed by atoms with Gasteiger partial charge in [-0.15, -0.1) is 0 Å². The average Bonchev–Trinajstić information content (AvgIpc) is 2.39. The van der Waals surface area contributed by atoms with Gasteiger partial charge in [-0.25, -0.2) is 9.97 Å². The lowest BCUT2D eigenvalue weighted by atomic mass is 9.84. The molecule has 1 fully saturated rings. The molecule has 5 heteroatoms. The van der Waals surface area contributed by atoms with Crippen LogP contribution in [0.2, 0.25) is 5.15 Å². The van der Waals surface area contributed by atoms with E-state index in [2.05, 4.69) is 22.2 Å². The van der Waals surface area contributed by atoms with Crippen molar-refractivity contribution in [2.45, 2.75) is 51.7 Å². The lowest BCUT2D eigenvalue weighted by Gasteiger charge is -2.28. The maximum Gasteiger partial charge on any atom is 0.158 e. The quantitative estimate of drug-likeness (QED) is 0.838. The summed E-state index contributed by atoms with van der Waals surface area (Å²) in [5, 5.41) is 3.92. The zero-order chi connectivity index (χ0) is 13.7. The molecule has 1 aliphatic rings. The van der Waals surface area contributed by atoms with Crippen LogP contribution in [0.1, 0.15) is 44.9 Å². The highest BCUT2D eigenvalue weighted by Gasteiger charge is 2.20. The number of hydrogen-bond acceptors (Lipinski definition) is 4. The number of halogens is 1. The number of rotatable bonds is 5. The number of nitrogens with zero attached hydrogens (tertiary/aromatic N) is 2. The van der Waals surface area contributed by atoms with E-state index in [1.807, 2.05) is 0 Å². The molecule has 0 aromatic carbocycles. The molecule has 106 valence electrons.